The molecule has 0 unspecified atom stereocenters. The largest absolute Gasteiger partial charge is 0.271 e. The maximum Gasteiger partial charge on any atom is 0.271 e. The van der Waals surface area contributed by atoms with Crippen LogP contribution in [0.1, 0.15) is 42.5 Å². The predicted molar refractivity (Wildman–Crippen MR) is 96.9 cm³/mol. The van der Waals surface area contributed by atoms with Crippen molar-refractivity contribution in [3.8, 4) is 0 Å². The summed E-state index contributed by atoms with van der Waals surface area (Å²) in [7, 11) is -3.53. The van der Waals surface area contributed by atoms with Gasteiger partial charge in [-0.05, 0) is 56.2 Å². The summed E-state index contributed by atoms with van der Waals surface area (Å²) in [4.78, 5) is 12.4. The van der Waals surface area contributed by atoms with Crippen molar-refractivity contribution in [2.45, 2.75) is 37.0 Å². The molecule has 1 aliphatic heterocycles. The summed E-state index contributed by atoms with van der Waals surface area (Å²) in [6, 6.07) is 6.13. The first kappa shape index (κ1) is 17.8. The lowest BCUT2D eigenvalue weighted by Crippen LogP contribution is -2.28. The second-order valence-electron chi connectivity index (χ2n) is 6.40. The lowest BCUT2D eigenvalue weighted by atomic mass is 9.96. The van der Waals surface area contributed by atoms with Gasteiger partial charge in [-0.1, -0.05) is 18.2 Å². The Morgan fingerprint density at radius 3 is 2.76 bits per heavy atom. The summed E-state index contributed by atoms with van der Waals surface area (Å²) in [6.45, 7) is 1.08. The number of carbonyl (C=O) groups is 1. The smallest absolute Gasteiger partial charge is 0.267 e. The summed E-state index contributed by atoms with van der Waals surface area (Å²) in [5.41, 5.74) is 2.79. The number of sulfonamides is 1. The lowest BCUT2D eigenvalue weighted by Gasteiger charge is -2.15. The van der Waals surface area contributed by atoms with E-state index in [1.54, 1.807) is 18.3 Å². The third kappa shape index (κ3) is 4.35. The van der Waals surface area contributed by atoms with Crippen LogP contribution in [0.5, 0.6) is 0 Å². The Labute approximate surface area is 148 Å². The predicted octanol–water partition coefficient (Wildman–Crippen LogP) is 2.54. The molecule has 1 heterocycles. The Hall–Kier alpha value is -1.99. The zero-order chi connectivity index (χ0) is 17.7. The van der Waals surface area contributed by atoms with E-state index >= 15 is 0 Å². The van der Waals surface area contributed by atoms with Gasteiger partial charge in [0.15, 0.2) is 0 Å². The van der Waals surface area contributed by atoms with Gasteiger partial charge in [0.05, 0.1) is 4.90 Å². The van der Waals surface area contributed by atoms with Crippen molar-refractivity contribution >= 4 is 22.1 Å². The first-order valence-corrected chi connectivity index (χ1v) is 10.1. The van der Waals surface area contributed by atoms with E-state index in [-0.39, 0.29) is 4.90 Å². The molecule has 1 aliphatic carbocycles. The molecule has 1 amide bonds. The van der Waals surface area contributed by atoms with Crippen LogP contribution in [0.3, 0.4) is 0 Å². The van der Waals surface area contributed by atoms with Crippen molar-refractivity contribution in [3.63, 3.8) is 0 Å². The number of nitrogens with zero attached hydrogens (tertiary/aromatic N) is 2. The monoisotopic (exact) mass is 361 g/mol. The SMILES string of the molecule is O=C(N/N=C\[C@@H]1CC=CCC1)c1cccc(S(=O)(=O)N2CCCC2)c1. The maximum absolute atomic E-state index is 12.6. The maximum atomic E-state index is 12.6. The van der Waals surface area contributed by atoms with Crippen LogP contribution in [0.2, 0.25) is 0 Å². The molecule has 0 bridgehead atoms. The molecular weight excluding hydrogens is 338 g/mol. The molecule has 1 N–H and O–H groups in total. The Bertz CT molecular complexity index is 781. The van der Waals surface area contributed by atoms with E-state index in [0.29, 0.717) is 24.6 Å². The molecule has 0 aromatic heterocycles. The van der Waals surface area contributed by atoms with Crippen molar-refractivity contribution in [2.24, 2.45) is 11.0 Å². The van der Waals surface area contributed by atoms with Crippen LogP contribution in [-0.2, 0) is 10.0 Å². The number of allylic oxidation sites excluding steroid dienone is 2. The van der Waals surface area contributed by atoms with Gasteiger partial charge in [0.25, 0.3) is 5.91 Å². The van der Waals surface area contributed by atoms with Gasteiger partial charge in [-0.15, -0.1) is 0 Å². The number of amides is 1. The highest BCUT2D eigenvalue weighted by Crippen LogP contribution is 2.21. The van der Waals surface area contributed by atoms with Crippen LogP contribution in [-0.4, -0.2) is 37.9 Å². The Morgan fingerprint density at radius 1 is 1.24 bits per heavy atom. The van der Waals surface area contributed by atoms with Crippen molar-refractivity contribution in [2.75, 3.05) is 13.1 Å². The number of hydrogen-bond acceptors (Lipinski definition) is 4. The molecule has 0 saturated carbocycles. The van der Waals surface area contributed by atoms with Gasteiger partial charge in [0.2, 0.25) is 10.0 Å². The minimum Gasteiger partial charge on any atom is -0.267 e. The number of carbonyl (C=O) groups excluding carboxylic acids is 1. The van der Waals surface area contributed by atoms with E-state index in [0.717, 1.165) is 32.1 Å². The third-order valence-electron chi connectivity index (χ3n) is 4.56. The fraction of sp³-hybridized carbons (Fsp3) is 0.444. The summed E-state index contributed by atoms with van der Waals surface area (Å²) in [5.74, 6) is -0.0618. The first-order valence-electron chi connectivity index (χ1n) is 8.66. The minimum atomic E-state index is -3.53. The average molecular weight is 361 g/mol. The number of benzene rings is 1. The first-order chi connectivity index (χ1) is 12.1. The fourth-order valence-corrected chi connectivity index (χ4v) is 4.66. The quantitative estimate of drug-likeness (QED) is 0.497. The van der Waals surface area contributed by atoms with Crippen LogP contribution >= 0.6 is 0 Å². The molecule has 25 heavy (non-hydrogen) atoms. The topological polar surface area (TPSA) is 78.8 Å². The minimum absolute atomic E-state index is 0.156. The number of hydrazone groups is 1. The number of hydrogen-bond donors (Lipinski definition) is 1. The van der Waals surface area contributed by atoms with E-state index in [9.17, 15) is 13.2 Å². The summed E-state index contributed by atoms with van der Waals surface area (Å²) in [6.07, 6.45) is 10.8. The Morgan fingerprint density at radius 2 is 2.04 bits per heavy atom. The highest BCUT2D eigenvalue weighted by atomic mass is 32.2. The molecular formula is C18H23N3O3S. The van der Waals surface area contributed by atoms with E-state index in [2.05, 4.69) is 22.7 Å². The van der Waals surface area contributed by atoms with Gasteiger partial charge in [-0.3, -0.25) is 4.79 Å². The highest BCUT2D eigenvalue weighted by Gasteiger charge is 2.27. The van der Waals surface area contributed by atoms with E-state index in [4.69, 9.17) is 0 Å². The average Bonchev–Trinajstić information content (AvgIpc) is 3.18. The van der Waals surface area contributed by atoms with Gasteiger partial charge >= 0.3 is 0 Å². The van der Waals surface area contributed by atoms with Gasteiger partial charge in [-0.25, -0.2) is 13.8 Å². The van der Waals surface area contributed by atoms with Crippen molar-refractivity contribution in [1.82, 2.24) is 9.73 Å². The van der Waals surface area contributed by atoms with Gasteiger partial charge in [0, 0.05) is 24.9 Å². The zero-order valence-corrected chi connectivity index (χ0v) is 14.9. The van der Waals surface area contributed by atoms with Crippen LogP contribution in [0.25, 0.3) is 0 Å². The molecule has 6 nitrogen and oxygen atoms in total. The molecule has 1 aromatic carbocycles. The van der Waals surface area contributed by atoms with Crippen molar-refractivity contribution in [3.05, 3.63) is 42.0 Å². The van der Waals surface area contributed by atoms with E-state index < -0.39 is 15.9 Å². The second-order valence-corrected chi connectivity index (χ2v) is 8.34. The number of rotatable bonds is 5. The van der Waals surface area contributed by atoms with Crippen molar-refractivity contribution < 1.29 is 13.2 Å². The zero-order valence-electron chi connectivity index (χ0n) is 14.1. The lowest BCUT2D eigenvalue weighted by molar-refractivity contribution is 0.0954. The van der Waals surface area contributed by atoms with E-state index in [1.807, 2.05) is 0 Å². The second kappa shape index (κ2) is 7.93. The summed E-state index contributed by atoms with van der Waals surface area (Å²) < 4.78 is 26.6. The van der Waals surface area contributed by atoms with Crippen molar-refractivity contribution in [1.29, 1.82) is 0 Å². The van der Waals surface area contributed by atoms with Crippen LogP contribution < -0.4 is 5.43 Å². The molecule has 1 saturated heterocycles. The summed E-state index contributed by atoms with van der Waals surface area (Å²) in [5, 5.41) is 4.02. The molecule has 2 aliphatic rings. The molecule has 1 fully saturated rings. The molecule has 3 rings (SSSR count). The van der Waals surface area contributed by atoms with Crippen LogP contribution in [0, 0.1) is 5.92 Å². The van der Waals surface area contributed by atoms with Gasteiger partial charge in [0.1, 0.15) is 0 Å². The van der Waals surface area contributed by atoms with Crippen LogP contribution in [0.15, 0.2) is 46.4 Å². The van der Waals surface area contributed by atoms with Crippen LogP contribution in [0.4, 0.5) is 0 Å². The molecule has 0 spiro atoms. The van der Waals surface area contributed by atoms with E-state index in [1.165, 1.54) is 16.4 Å². The summed E-state index contributed by atoms with van der Waals surface area (Å²) >= 11 is 0. The molecule has 1 aromatic rings. The third-order valence-corrected chi connectivity index (χ3v) is 6.45. The molecule has 1 atom stereocenters. The Kier molecular flexibility index (Phi) is 5.65. The molecule has 134 valence electrons. The normalized spacial score (nSPS) is 21.7. The van der Waals surface area contributed by atoms with Gasteiger partial charge < -0.3 is 0 Å². The number of nitrogens with one attached hydrogen (secondary N) is 1. The molecule has 0 radical (unpaired) electrons. The highest BCUT2D eigenvalue weighted by molar-refractivity contribution is 7.89. The fourth-order valence-electron chi connectivity index (χ4n) is 3.09. The van der Waals surface area contributed by atoms with Gasteiger partial charge in [-0.2, -0.15) is 9.41 Å². The standard InChI is InChI=1S/C18H23N3O3S/c22-18(20-19-14-15-7-2-1-3-8-15)16-9-6-10-17(13-16)25(23,24)21-11-4-5-12-21/h1-2,6,9-10,13-15H,3-5,7-8,11-12H2,(H,20,22)/b19-14-/t15-/m1/s1. The molecule has 7 heteroatoms. The Balaban J connectivity index is 1.67.